The topological polar surface area (TPSA) is 37.3 Å². The van der Waals surface area contributed by atoms with E-state index in [0.29, 0.717) is 0 Å². The van der Waals surface area contributed by atoms with E-state index in [2.05, 4.69) is 26.8 Å². The molecular weight excluding hydrogens is 272 g/mol. The summed E-state index contributed by atoms with van der Waals surface area (Å²) in [4.78, 5) is 10.7. The number of carboxylic acid groups (broad SMARTS) is 1. The minimum Gasteiger partial charge on any atom is -0.478 e. The maximum absolute atomic E-state index is 10.7. The van der Waals surface area contributed by atoms with Crippen LogP contribution >= 0.6 is 0 Å². The van der Waals surface area contributed by atoms with Gasteiger partial charge in [0.1, 0.15) is 0 Å². The normalized spacial score (nSPS) is 22.8. The van der Waals surface area contributed by atoms with Crippen LogP contribution < -0.4 is 0 Å². The van der Waals surface area contributed by atoms with Crippen molar-refractivity contribution in [3.05, 3.63) is 58.7 Å². The Morgan fingerprint density at radius 3 is 2.64 bits per heavy atom. The zero-order valence-electron chi connectivity index (χ0n) is 16.9. The van der Waals surface area contributed by atoms with E-state index in [-0.39, 0.29) is 11.0 Å². The molecule has 0 unspecified atom stereocenters. The third kappa shape index (κ3) is 5.88. The van der Waals surface area contributed by atoms with Gasteiger partial charge < -0.3 is 5.11 Å². The Hall–Kier alpha value is -1.83. The number of carbonyl (C=O) groups is 1. The first kappa shape index (κ1) is 13.8. The summed E-state index contributed by atoms with van der Waals surface area (Å²) in [5.41, 5.74) is 3.74. The maximum Gasteiger partial charge on any atom is 0.328 e. The van der Waals surface area contributed by atoms with E-state index in [1.807, 2.05) is 13.0 Å². The quantitative estimate of drug-likeness (QED) is 0.530. The van der Waals surface area contributed by atoms with Crippen LogP contribution in [0.4, 0.5) is 0 Å². The van der Waals surface area contributed by atoms with Crippen LogP contribution in [0, 0.1) is 5.41 Å². The Kier molecular flexibility index (Phi) is 5.01. The third-order valence-electron chi connectivity index (χ3n) is 3.97. The molecule has 2 heteroatoms. The van der Waals surface area contributed by atoms with Crippen molar-refractivity contribution in [1.29, 1.82) is 0 Å². The fourth-order valence-corrected chi connectivity index (χ4v) is 2.77. The van der Waals surface area contributed by atoms with Gasteiger partial charge in [-0.2, -0.15) is 0 Å². The van der Waals surface area contributed by atoms with Crippen molar-refractivity contribution in [1.82, 2.24) is 0 Å². The predicted octanol–water partition coefficient (Wildman–Crippen LogP) is 5.60. The van der Waals surface area contributed by atoms with E-state index < -0.39 is 12.8 Å². The van der Waals surface area contributed by atoms with Crippen LogP contribution in [0.5, 0.6) is 0 Å². The summed E-state index contributed by atoms with van der Waals surface area (Å²) in [5.74, 6) is -1.27. The van der Waals surface area contributed by atoms with E-state index in [1.54, 1.807) is 12.2 Å². The van der Waals surface area contributed by atoms with Crippen LogP contribution in [-0.2, 0) is 4.79 Å². The second-order valence-electron chi connectivity index (χ2n) is 6.47. The second kappa shape index (κ2) is 7.98. The van der Waals surface area contributed by atoms with E-state index >= 15 is 0 Å². The van der Waals surface area contributed by atoms with Crippen LogP contribution in [0.2, 0.25) is 0 Å². The van der Waals surface area contributed by atoms with Crippen molar-refractivity contribution in [2.45, 2.75) is 53.8 Å². The molecule has 0 saturated carbocycles. The molecule has 0 heterocycles. The van der Waals surface area contributed by atoms with Crippen LogP contribution in [0.15, 0.2) is 58.7 Å². The fourth-order valence-electron chi connectivity index (χ4n) is 2.77. The number of aliphatic carboxylic acids is 1. The predicted molar refractivity (Wildman–Crippen MR) is 93.8 cm³/mol. The molecule has 0 aromatic heterocycles. The monoisotopic (exact) mass is 306 g/mol. The Morgan fingerprint density at radius 1 is 1.32 bits per heavy atom. The first-order valence-electron chi connectivity index (χ1n) is 9.12. The van der Waals surface area contributed by atoms with E-state index in [0.717, 1.165) is 18.1 Å². The number of hydrogen-bond donors (Lipinski definition) is 1. The lowest BCUT2D eigenvalue weighted by Gasteiger charge is -2.32. The standard InChI is InChI=1S/C20H28O2/c1-15(8-6-9-16(2)14-19(21)22)11-12-18-17(3)10-7-13-20(18,4)5/h6,8-9,11-12,14H,7,10,13H2,1-5H3,(H,21,22)/i2T3. The van der Waals surface area contributed by atoms with Crippen LogP contribution in [0.25, 0.3) is 0 Å². The van der Waals surface area contributed by atoms with Gasteiger partial charge in [0.25, 0.3) is 0 Å². The van der Waals surface area contributed by atoms with Crippen LogP contribution in [0.1, 0.15) is 57.9 Å². The summed E-state index contributed by atoms with van der Waals surface area (Å²) in [5, 5.41) is 8.77. The number of hydrogen-bond acceptors (Lipinski definition) is 1. The molecule has 0 bridgehead atoms. The molecule has 0 aromatic rings. The van der Waals surface area contributed by atoms with Gasteiger partial charge in [0, 0.05) is 10.2 Å². The van der Waals surface area contributed by atoms with Gasteiger partial charge in [-0.1, -0.05) is 55.4 Å². The van der Waals surface area contributed by atoms with Crippen molar-refractivity contribution < 1.29 is 14.0 Å². The summed E-state index contributed by atoms with van der Waals surface area (Å²) in [7, 11) is 0. The molecule has 120 valence electrons. The molecule has 1 aliphatic carbocycles. The average Bonchev–Trinajstić information content (AvgIpc) is 2.43. The number of carboxylic acids is 1. The highest BCUT2D eigenvalue weighted by Crippen LogP contribution is 2.40. The summed E-state index contributed by atoms with van der Waals surface area (Å²) in [6, 6.07) is 0. The third-order valence-corrected chi connectivity index (χ3v) is 3.97. The molecule has 0 fully saturated rings. The molecule has 0 radical (unpaired) electrons. The van der Waals surface area contributed by atoms with E-state index in [1.165, 1.54) is 30.1 Å². The molecule has 0 atom stereocenters. The second-order valence-corrected chi connectivity index (χ2v) is 6.47. The van der Waals surface area contributed by atoms with Crippen molar-refractivity contribution in [2.24, 2.45) is 5.41 Å². The molecule has 22 heavy (non-hydrogen) atoms. The molecule has 0 saturated heterocycles. The zero-order chi connectivity index (χ0) is 19.3. The summed E-state index contributed by atoms with van der Waals surface area (Å²) in [6.07, 6.45) is 13.1. The summed E-state index contributed by atoms with van der Waals surface area (Å²) < 4.78 is 22.1. The lowest BCUT2D eigenvalue weighted by Crippen LogP contribution is -2.19. The van der Waals surface area contributed by atoms with Gasteiger partial charge in [-0.15, -0.1) is 0 Å². The summed E-state index contributed by atoms with van der Waals surface area (Å²) in [6.45, 7) is 6.18. The Balaban J connectivity index is 2.93. The highest BCUT2D eigenvalue weighted by Gasteiger charge is 2.26. The highest BCUT2D eigenvalue weighted by molar-refractivity contribution is 5.81. The Morgan fingerprint density at radius 2 is 2.05 bits per heavy atom. The molecular formula is C20H28O2. The maximum atomic E-state index is 10.7. The molecule has 0 spiro atoms. The van der Waals surface area contributed by atoms with Gasteiger partial charge in [-0.05, 0) is 56.5 Å². The SMILES string of the molecule is [3H]C([3H])([3H])C(C=CC=C(C)C=CC1=C(C)CCCC1(C)C)=CC(=O)O. The van der Waals surface area contributed by atoms with Gasteiger partial charge in [-0.25, -0.2) is 4.79 Å². The van der Waals surface area contributed by atoms with E-state index in [4.69, 9.17) is 9.22 Å². The Bertz CT molecular complexity index is 657. The van der Waals surface area contributed by atoms with Gasteiger partial charge >= 0.3 is 5.97 Å². The zero-order valence-corrected chi connectivity index (χ0v) is 13.9. The first-order valence-corrected chi connectivity index (χ1v) is 7.62. The van der Waals surface area contributed by atoms with E-state index in [9.17, 15) is 4.79 Å². The number of rotatable bonds is 5. The summed E-state index contributed by atoms with van der Waals surface area (Å²) >= 11 is 0. The smallest absolute Gasteiger partial charge is 0.328 e. The lowest BCUT2D eigenvalue weighted by molar-refractivity contribution is -0.131. The lowest BCUT2D eigenvalue weighted by atomic mass is 9.72. The van der Waals surface area contributed by atoms with Crippen molar-refractivity contribution in [3.8, 4) is 0 Å². The Labute approximate surface area is 138 Å². The van der Waals surface area contributed by atoms with Gasteiger partial charge in [-0.3, -0.25) is 0 Å². The fraction of sp³-hybridized carbons (Fsp3) is 0.450. The molecule has 1 N–H and O–H groups in total. The first-order chi connectivity index (χ1) is 11.4. The van der Waals surface area contributed by atoms with Crippen LogP contribution in [0.3, 0.4) is 0 Å². The molecule has 0 amide bonds. The molecule has 2 nitrogen and oxygen atoms in total. The minimum atomic E-state index is -2.44. The van der Waals surface area contributed by atoms with Crippen molar-refractivity contribution in [2.75, 3.05) is 0 Å². The number of allylic oxidation sites excluding steroid dienone is 9. The average molecular weight is 306 g/mol. The van der Waals surface area contributed by atoms with Crippen molar-refractivity contribution in [3.63, 3.8) is 0 Å². The molecule has 1 aliphatic rings. The van der Waals surface area contributed by atoms with Crippen LogP contribution in [-0.4, -0.2) is 11.1 Å². The molecule has 0 aliphatic heterocycles. The largest absolute Gasteiger partial charge is 0.478 e. The minimum absolute atomic E-state index is 0.174. The highest BCUT2D eigenvalue weighted by atomic mass is 16.4. The van der Waals surface area contributed by atoms with Gasteiger partial charge in [0.05, 0.1) is 0 Å². The molecule has 0 aromatic carbocycles. The van der Waals surface area contributed by atoms with Gasteiger partial charge in [0.2, 0.25) is 0 Å². The van der Waals surface area contributed by atoms with Gasteiger partial charge in [0.15, 0.2) is 0 Å². The van der Waals surface area contributed by atoms with Crippen molar-refractivity contribution >= 4 is 5.97 Å². The molecule has 1 rings (SSSR count).